The molecule has 1 saturated carbocycles. The Balaban J connectivity index is 1.25. The summed E-state index contributed by atoms with van der Waals surface area (Å²) in [6, 6.07) is 0. The van der Waals surface area contributed by atoms with Gasteiger partial charge in [0.05, 0.1) is 37.1 Å². The third-order valence-electron chi connectivity index (χ3n) is 13.6. The number of methoxy groups -OCH3 is 1. The number of allylic oxidation sites excluding steroid dienone is 2. The summed E-state index contributed by atoms with van der Waals surface area (Å²) in [7, 11) is 1.59. The lowest BCUT2D eigenvalue weighted by atomic mass is 9.71. The molecule has 55 heavy (non-hydrogen) atoms. The summed E-state index contributed by atoms with van der Waals surface area (Å²) >= 11 is 0. The van der Waals surface area contributed by atoms with Crippen molar-refractivity contribution in [2.75, 3.05) is 13.7 Å². The fourth-order valence-electron chi connectivity index (χ4n) is 10.4. The van der Waals surface area contributed by atoms with Crippen LogP contribution >= 0.6 is 0 Å². The highest BCUT2D eigenvalue weighted by Gasteiger charge is 2.60. The Morgan fingerprint density at radius 2 is 1.80 bits per heavy atom. The summed E-state index contributed by atoms with van der Waals surface area (Å²) in [6.07, 6.45) is 14.4. The van der Waals surface area contributed by atoms with Gasteiger partial charge in [0.2, 0.25) is 0 Å². The number of rotatable bonds is 4. The maximum absolute atomic E-state index is 14.4. The van der Waals surface area contributed by atoms with Crippen LogP contribution in [-0.2, 0) is 38.0 Å². The Morgan fingerprint density at radius 3 is 2.55 bits per heavy atom. The van der Waals surface area contributed by atoms with E-state index in [9.17, 15) is 20.2 Å². The van der Waals surface area contributed by atoms with E-state index in [1.807, 2.05) is 19.1 Å². The molecule has 14 atom stereocenters. The molecule has 5 heterocycles. The molecule has 3 N–H and O–H groups in total. The molecule has 2 bridgehead atoms. The minimum atomic E-state index is -1.83. The maximum atomic E-state index is 14.4. The van der Waals surface area contributed by atoms with Crippen molar-refractivity contribution in [2.45, 2.75) is 172 Å². The van der Waals surface area contributed by atoms with Crippen LogP contribution in [0.3, 0.4) is 0 Å². The van der Waals surface area contributed by atoms with Crippen LogP contribution < -0.4 is 0 Å². The fraction of sp³-hybridized carbons (Fsp3) is 0.767. The Bertz CT molecular complexity index is 1550. The van der Waals surface area contributed by atoms with Gasteiger partial charge < -0.3 is 48.6 Å². The second-order valence-corrected chi connectivity index (χ2v) is 17.4. The lowest BCUT2D eigenvalue weighted by molar-refractivity contribution is -0.342. The van der Waals surface area contributed by atoms with Crippen LogP contribution in [0.5, 0.6) is 0 Å². The number of oxime groups is 1. The predicted molar refractivity (Wildman–Crippen MR) is 203 cm³/mol. The standard InChI is InChI=1S/C43H63NO11/c1-24-11-10-14-30-23-50-40-36(44-48)27(4)19-33(43(30,40)47)41(46)52-32-20-31(16-15-25(2)38(24)53-35-21-34(49-6)37(45)28(5)51-35)54-42(22-32)18-17-26(3)39(55-42)29-12-8-7-9-13-29/h10-11,14-15,19,24,26,28-29,31-35,37-40,45,47-48H,7-9,12-13,16-18,20-23H2,1-6H3/t24-,26-,28-,31+,32-,33+,34-,35-,37-,38-,39+,40+,42+,43+/m0/s1. The van der Waals surface area contributed by atoms with Gasteiger partial charge in [0.15, 0.2) is 12.1 Å². The molecule has 0 amide bonds. The van der Waals surface area contributed by atoms with Crippen molar-refractivity contribution < 1.29 is 53.4 Å². The molecule has 1 spiro atoms. The molecule has 12 heteroatoms. The van der Waals surface area contributed by atoms with Gasteiger partial charge in [-0.15, -0.1) is 0 Å². The van der Waals surface area contributed by atoms with E-state index in [1.54, 1.807) is 26.2 Å². The molecule has 7 aliphatic rings. The van der Waals surface area contributed by atoms with Crippen molar-refractivity contribution in [3.05, 3.63) is 47.1 Å². The zero-order chi connectivity index (χ0) is 39.1. The Hall–Kier alpha value is -2.42. The summed E-state index contributed by atoms with van der Waals surface area (Å²) in [5.41, 5.74) is 0.362. The van der Waals surface area contributed by atoms with Crippen LogP contribution in [0.15, 0.2) is 52.3 Å². The van der Waals surface area contributed by atoms with E-state index in [-0.39, 0.29) is 30.4 Å². The zero-order valence-corrected chi connectivity index (χ0v) is 33.4. The quantitative estimate of drug-likeness (QED) is 0.132. The lowest BCUT2D eigenvalue weighted by Crippen LogP contribution is -2.57. The predicted octanol–water partition coefficient (Wildman–Crippen LogP) is 6.07. The normalized spacial score (nSPS) is 45.4. The van der Waals surface area contributed by atoms with Crippen molar-refractivity contribution in [3.63, 3.8) is 0 Å². The van der Waals surface area contributed by atoms with Gasteiger partial charge in [-0.25, -0.2) is 0 Å². The van der Waals surface area contributed by atoms with E-state index in [0.717, 1.165) is 24.8 Å². The number of aliphatic hydroxyl groups excluding tert-OH is 1. The third-order valence-corrected chi connectivity index (χ3v) is 13.6. The van der Waals surface area contributed by atoms with Crippen LogP contribution in [0, 0.1) is 23.7 Å². The summed E-state index contributed by atoms with van der Waals surface area (Å²) in [5, 5.41) is 36.7. The fourth-order valence-corrected chi connectivity index (χ4v) is 10.4. The van der Waals surface area contributed by atoms with Crippen LogP contribution in [0.4, 0.5) is 0 Å². The second kappa shape index (κ2) is 16.8. The molecule has 5 fully saturated rings. The first kappa shape index (κ1) is 40.8. The number of carbonyl (C=O) groups excluding carboxylic acids is 1. The largest absolute Gasteiger partial charge is 0.462 e. The Morgan fingerprint density at radius 1 is 1.02 bits per heavy atom. The summed E-state index contributed by atoms with van der Waals surface area (Å²) in [4.78, 5) is 14.4. The lowest BCUT2D eigenvalue weighted by Gasteiger charge is -2.51. The van der Waals surface area contributed by atoms with Gasteiger partial charge in [0, 0.05) is 38.7 Å². The van der Waals surface area contributed by atoms with Crippen molar-refractivity contribution in [1.29, 1.82) is 0 Å². The van der Waals surface area contributed by atoms with E-state index >= 15 is 0 Å². The van der Waals surface area contributed by atoms with Gasteiger partial charge >= 0.3 is 5.97 Å². The van der Waals surface area contributed by atoms with Gasteiger partial charge in [-0.2, -0.15) is 0 Å². The van der Waals surface area contributed by atoms with Crippen LogP contribution in [0.2, 0.25) is 0 Å². The average molecular weight is 770 g/mol. The molecule has 4 saturated heterocycles. The molecule has 5 aliphatic heterocycles. The van der Waals surface area contributed by atoms with Gasteiger partial charge in [-0.1, -0.05) is 68.6 Å². The number of nitrogens with zero attached hydrogens (tertiary/aromatic N) is 1. The highest BCUT2D eigenvalue weighted by Crippen LogP contribution is 2.48. The average Bonchev–Trinajstić information content (AvgIpc) is 3.50. The van der Waals surface area contributed by atoms with Crippen molar-refractivity contribution in [1.82, 2.24) is 0 Å². The molecule has 0 aromatic heterocycles. The molecule has 0 unspecified atom stereocenters. The topological polar surface area (TPSA) is 155 Å². The van der Waals surface area contributed by atoms with Gasteiger partial charge in [-0.3, -0.25) is 4.79 Å². The molecular weight excluding hydrogens is 706 g/mol. The van der Waals surface area contributed by atoms with Crippen LogP contribution in [0.1, 0.15) is 105 Å². The summed E-state index contributed by atoms with van der Waals surface area (Å²) < 4.78 is 45.1. The Labute approximate surface area is 325 Å². The van der Waals surface area contributed by atoms with E-state index in [4.69, 9.17) is 33.2 Å². The molecule has 2 aliphatic carbocycles. The minimum absolute atomic E-state index is 0.0359. The van der Waals surface area contributed by atoms with Gasteiger partial charge in [-0.05, 0) is 75.0 Å². The third kappa shape index (κ3) is 8.17. The molecule has 0 aromatic rings. The molecule has 12 nitrogen and oxygen atoms in total. The van der Waals surface area contributed by atoms with Crippen LogP contribution in [-0.4, -0.2) is 107 Å². The molecule has 0 radical (unpaired) electrons. The van der Waals surface area contributed by atoms with Crippen molar-refractivity contribution in [2.24, 2.45) is 28.8 Å². The number of hydrogen-bond acceptors (Lipinski definition) is 12. The number of aliphatic hydroxyl groups is 2. The monoisotopic (exact) mass is 769 g/mol. The first-order valence-corrected chi connectivity index (χ1v) is 20.7. The first-order valence-electron chi connectivity index (χ1n) is 20.7. The second-order valence-electron chi connectivity index (χ2n) is 17.4. The molecular formula is C43H63NO11. The number of carbonyl (C=O) groups is 1. The van der Waals surface area contributed by atoms with Crippen LogP contribution in [0.25, 0.3) is 0 Å². The molecule has 0 aromatic carbocycles. The van der Waals surface area contributed by atoms with E-state index in [2.05, 4.69) is 32.0 Å². The highest BCUT2D eigenvalue weighted by atomic mass is 16.7. The highest BCUT2D eigenvalue weighted by molar-refractivity contribution is 6.06. The first-order chi connectivity index (χ1) is 26.4. The smallest absolute Gasteiger partial charge is 0.316 e. The summed E-state index contributed by atoms with van der Waals surface area (Å²) in [6.45, 7) is 10.0. The summed E-state index contributed by atoms with van der Waals surface area (Å²) in [5.74, 6) is -1.83. The van der Waals surface area contributed by atoms with Gasteiger partial charge in [0.25, 0.3) is 0 Å². The SMILES string of the molecule is CO[C@H]1C[C@H](O[C@@H]2C(C)=CC[C@@H]3C[C@@H](C[C@]4(CC[C@H](C)[C@H](C5CCCCC5)O4)O3)OC(=O)[C@H]3C=C(C)C(=NO)[C@H]4OCC(=CC=C[C@@H]2C)[C@@]34O)O[C@@H](C)[C@@H]1O. The number of ether oxygens (including phenoxy) is 7. The number of esters is 1. The number of fused-ring (bicyclic) bond motifs is 2. The molecule has 7 rings (SSSR count). The van der Waals surface area contributed by atoms with Crippen molar-refractivity contribution in [3.8, 4) is 0 Å². The van der Waals surface area contributed by atoms with E-state index in [1.165, 1.54) is 19.3 Å². The molecule has 306 valence electrons. The Kier molecular flexibility index (Phi) is 12.5. The van der Waals surface area contributed by atoms with E-state index in [0.29, 0.717) is 55.1 Å². The maximum Gasteiger partial charge on any atom is 0.316 e. The van der Waals surface area contributed by atoms with Gasteiger partial charge in [0.1, 0.15) is 35.5 Å². The minimum Gasteiger partial charge on any atom is -0.462 e. The van der Waals surface area contributed by atoms with E-state index < -0.39 is 66.2 Å². The zero-order valence-electron chi connectivity index (χ0n) is 33.4. The van der Waals surface area contributed by atoms with Crippen molar-refractivity contribution >= 4 is 11.7 Å². The number of hydrogen-bond donors (Lipinski definition) is 3.